The van der Waals surface area contributed by atoms with Crippen LogP contribution in [0.5, 0.6) is 0 Å². The highest BCUT2D eigenvalue weighted by Crippen LogP contribution is 2.27. The molecule has 0 aliphatic carbocycles. The Bertz CT molecular complexity index is 723. The summed E-state index contributed by atoms with van der Waals surface area (Å²) in [6, 6.07) is 3.91. The number of carbonyl (C=O) groups is 1. The lowest BCUT2D eigenvalue weighted by Gasteiger charge is -2.31. The van der Waals surface area contributed by atoms with E-state index in [4.69, 9.17) is 0 Å². The maximum atomic E-state index is 12.6. The van der Waals surface area contributed by atoms with Gasteiger partial charge in [0.1, 0.15) is 11.5 Å². The molecule has 0 aromatic carbocycles. The Morgan fingerprint density at radius 2 is 2.17 bits per heavy atom. The highest BCUT2D eigenvalue weighted by Gasteiger charge is 2.27. The van der Waals surface area contributed by atoms with Gasteiger partial charge >= 0.3 is 0 Å². The van der Waals surface area contributed by atoms with Crippen LogP contribution < -0.4 is 10.2 Å². The van der Waals surface area contributed by atoms with E-state index in [0.29, 0.717) is 24.7 Å². The lowest BCUT2D eigenvalue weighted by Crippen LogP contribution is -2.37. The predicted octanol–water partition coefficient (Wildman–Crippen LogP) is 1.89. The van der Waals surface area contributed by atoms with Crippen LogP contribution in [-0.2, 0) is 13.0 Å². The Morgan fingerprint density at radius 1 is 1.38 bits per heavy atom. The van der Waals surface area contributed by atoms with Gasteiger partial charge in [0.15, 0.2) is 0 Å². The molecule has 3 heterocycles. The largest absolute Gasteiger partial charge is 0.362 e. The van der Waals surface area contributed by atoms with Crippen LogP contribution in [0.25, 0.3) is 0 Å². The first-order valence-electron chi connectivity index (χ1n) is 8.22. The molecule has 1 aliphatic heterocycles. The number of anilines is 2. The van der Waals surface area contributed by atoms with Crippen LogP contribution in [0.1, 0.15) is 35.6 Å². The zero-order chi connectivity index (χ0) is 17.3. The van der Waals surface area contributed by atoms with Crippen molar-refractivity contribution >= 4 is 17.7 Å². The third-order valence-corrected chi connectivity index (χ3v) is 4.00. The van der Waals surface area contributed by atoms with E-state index >= 15 is 0 Å². The Morgan fingerprint density at radius 3 is 2.79 bits per heavy atom. The zero-order valence-corrected chi connectivity index (χ0v) is 14.6. The van der Waals surface area contributed by atoms with Gasteiger partial charge in [-0.25, -0.2) is 4.98 Å². The molecule has 7 nitrogen and oxygen atoms in total. The van der Waals surface area contributed by atoms with Gasteiger partial charge in [0.05, 0.1) is 12.2 Å². The number of hydrogen-bond acceptors (Lipinski definition) is 5. The number of nitrogens with zero attached hydrogens (tertiary/aromatic N) is 4. The Balaban J connectivity index is 1.91. The van der Waals surface area contributed by atoms with Crippen molar-refractivity contribution in [2.45, 2.75) is 32.9 Å². The van der Waals surface area contributed by atoms with Crippen LogP contribution in [0.15, 0.2) is 18.3 Å². The van der Waals surface area contributed by atoms with Gasteiger partial charge in [-0.2, -0.15) is 4.98 Å². The van der Waals surface area contributed by atoms with Crippen molar-refractivity contribution in [1.29, 1.82) is 0 Å². The molecular formula is C17H24N6O. The summed E-state index contributed by atoms with van der Waals surface area (Å²) in [5, 5.41) is 3.27. The molecular weight excluding hydrogens is 304 g/mol. The molecule has 0 radical (unpaired) electrons. The summed E-state index contributed by atoms with van der Waals surface area (Å²) in [5.41, 5.74) is 2.66. The number of aromatic amines is 1. The van der Waals surface area contributed by atoms with Crippen LogP contribution in [-0.4, -0.2) is 52.4 Å². The summed E-state index contributed by atoms with van der Waals surface area (Å²) in [7, 11) is 3.93. The Hall–Kier alpha value is -2.57. The van der Waals surface area contributed by atoms with Crippen LogP contribution >= 0.6 is 0 Å². The topological polar surface area (TPSA) is 77.2 Å². The molecule has 128 valence electrons. The number of aromatic nitrogens is 3. The lowest BCUT2D eigenvalue weighted by molar-refractivity contribution is 0.0728. The molecule has 2 aromatic rings. The van der Waals surface area contributed by atoms with Gasteiger partial charge in [0.2, 0.25) is 5.95 Å². The van der Waals surface area contributed by atoms with Crippen molar-refractivity contribution in [2.24, 2.45) is 0 Å². The van der Waals surface area contributed by atoms with Crippen molar-refractivity contribution in [2.75, 3.05) is 30.9 Å². The number of fused-ring (bicyclic) bond motifs is 1. The van der Waals surface area contributed by atoms with Crippen molar-refractivity contribution in [1.82, 2.24) is 19.9 Å². The molecule has 2 N–H and O–H groups in total. The number of hydrogen-bond donors (Lipinski definition) is 2. The minimum atomic E-state index is 0.0136. The van der Waals surface area contributed by atoms with Gasteiger partial charge in [-0.15, -0.1) is 0 Å². The van der Waals surface area contributed by atoms with E-state index in [1.54, 1.807) is 12.3 Å². The molecule has 1 amide bonds. The first-order chi connectivity index (χ1) is 11.5. The van der Waals surface area contributed by atoms with Crippen LogP contribution in [0.3, 0.4) is 0 Å². The fourth-order valence-corrected chi connectivity index (χ4v) is 2.90. The van der Waals surface area contributed by atoms with E-state index in [1.807, 2.05) is 30.0 Å². The van der Waals surface area contributed by atoms with Crippen LogP contribution in [0, 0.1) is 0 Å². The van der Waals surface area contributed by atoms with Gasteiger partial charge in [0, 0.05) is 44.9 Å². The van der Waals surface area contributed by atoms with E-state index in [1.165, 1.54) is 0 Å². The second kappa shape index (κ2) is 6.51. The van der Waals surface area contributed by atoms with E-state index in [-0.39, 0.29) is 11.9 Å². The highest BCUT2D eigenvalue weighted by atomic mass is 16.2. The van der Waals surface area contributed by atoms with Gasteiger partial charge in [-0.05, 0) is 26.0 Å². The zero-order valence-electron chi connectivity index (χ0n) is 14.6. The molecule has 0 bridgehead atoms. The molecule has 0 atom stereocenters. The number of nitrogens with one attached hydrogen (secondary N) is 2. The highest BCUT2D eigenvalue weighted by molar-refractivity contribution is 5.92. The van der Waals surface area contributed by atoms with Crippen molar-refractivity contribution in [3.8, 4) is 0 Å². The second-order valence-electron chi connectivity index (χ2n) is 6.55. The van der Waals surface area contributed by atoms with Gasteiger partial charge in [-0.1, -0.05) is 0 Å². The molecule has 0 unspecified atom stereocenters. The van der Waals surface area contributed by atoms with Crippen molar-refractivity contribution in [3.63, 3.8) is 0 Å². The smallest absolute Gasteiger partial charge is 0.270 e. The third-order valence-electron chi connectivity index (χ3n) is 4.00. The molecule has 24 heavy (non-hydrogen) atoms. The number of rotatable bonds is 4. The molecule has 2 aromatic heterocycles. The summed E-state index contributed by atoms with van der Waals surface area (Å²) >= 11 is 0. The van der Waals surface area contributed by atoms with E-state index < -0.39 is 0 Å². The number of amides is 1. The number of H-pyrrole nitrogens is 1. The maximum Gasteiger partial charge on any atom is 0.270 e. The molecule has 1 aliphatic rings. The van der Waals surface area contributed by atoms with E-state index in [9.17, 15) is 4.79 Å². The summed E-state index contributed by atoms with van der Waals surface area (Å²) in [6.45, 7) is 5.32. The molecule has 0 spiro atoms. The fourth-order valence-electron chi connectivity index (χ4n) is 2.90. The minimum absolute atomic E-state index is 0.0136. The molecule has 3 rings (SSSR count). The average Bonchev–Trinajstić information content (AvgIpc) is 3.06. The molecule has 0 fully saturated rings. The minimum Gasteiger partial charge on any atom is -0.362 e. The first-order valence-corrected chi connectivity index (χ1v) is 8.22. The normalized spacial score (nSPS) is 13.8. The quantitative estimate of drug-likeness (QED) is 0.896. The summed E-state index contributed by atoms with van der Waals surface area (Å²) in [4.78, 5) is 28.7. The Labute approximate surface area is 142 Å². The molecule has 0 saturated carbocycles. The average molecular weight is 328 g/mol. The van der Waals surface area contributed by atoms with Gasteiger partial charge < -0.3 is 20.1 Å². The maximum absolute atomic E-state index is 12.6. The van der Waals surface area contributed by atoms with E-state index in [2.05, 4.69) is 34.1 Å². The second-order valence-corrected chi connectivity index (χ2v) is 6.55. The molecule has 7 heteroatoms. The Kier molecular flexibility index (Phi) is 4.42. The third kappa shape index (κ3) is 3.20. The SMILES string of the molecule is CC(C)Nc1nc2c(c(N(C)C)n1)CN(C(=O)c1ccc[nH]1)CC2. The van der Waals surface area contributed by atoms with Gasteiger partial charge in [-0.3, -0.25) is 4.79 Å². The number of carbonyl (C=O) groups excluding carboxylic acids is 1. The lowest BCUT2D eigenvalue weighted by atomic mass is 10.1. The first kappa shape index (κ1) is 16.3. The predicted molar refractivity (Wildman–Crippen MR) is 94.4 cm³/mol. The fraction of sp³-hybridized carbons (Fsp3) is 0.471. The van der Waals surface area contributed by atoms with Crippen LogP contribution in [0.4, 0.5) is 11.8 Å². The van der Waals surface area contributed by atoms with Crippen molar-refractivity contribution in [3.05, 3.63) is 35.3 Å². The van der Waals surface area contributed by atoms with Gasteiger partial charge in [0.25, 0.3) is 5.91 Å². The van der Waals surface area contributed by atoms with Crippen LogP contribution in [0.2, 0.25) is 0 Å². The summed E-state index contributed by atoms with van der Waals surface area (Å²) in [6.07, 6.45) is 2.50. The standard InChI is InChI=1S/C17H24N6O/c1-11(2)19-17-20-13-7-9-23(16(24)14-6-5-8-18-14)10-12(13)15(21-17)22(3)4/h5-6,8,11,18H,7,9-10H2,1-4H3,(H,19,20,21). The molecule has 0 saturated heterocycles. The monoisotopic (exact) mass is 328 g/mol. The van der Waals surface area contributed by atoms with E-state index in [0.717, 1.165) is 23.5 Å². The summed E-state index contributed by atoms with van der Waals surface area (Å²) in [5.74, 6) is 1.53. The summed E-state index contributed by atoms with van der Waals surface area (Å²) < 4.78 is 0. The van der Waals surface area contributed by atoms with Crippen molar-refractivity contribution < 1.29 is 4.79 Å².